The maximum Gasteiger partial charge on any atom is 0.269 e. The van der Waals surface area contributed by atoms with Crippen molar-refractivity contribution in [3.63, 3.8) is 0 Å². The van der Waals surface area contributed by atoms with E-state index >= 15 is 0 Å². The summed E-state index contributed by atoms with van der Waals surface area (Å²) in [6.07, 6.45) is 4.01. The summed E-state index contributed by atoms with van der Waals surface area (Å²) in [5.74, 6) is -1.65. The Morgan fingerprint density at radius 2 is 2.00 bits per heavy atom. The number of pyridine rings is 1. The van der Waals surface area contributed by atoms with Crippen molar-refractivity contribution < 1.29 is 18.3 Å². The molecule has 0 saturated carbocycles. The molecule has 0 saturated heterocycles. The lowest BCUT2D eigenvalue weighted by molar-refractivity contribution is -0.129. The molecule has 1 aromatic carbocycles. The van der Waals surface area contributed by atoms with E-state index in [1.807, 2.05) is 19.9 Å². The zero-order valence-corrected chi connectivity index (χ0v) is 18.6. The highest BCUT2D eigenvalue weighted by Gasteiger charge is 2.30. The number of carbonyl (C=O) groups is 1. The summed E-state index contributed by atoms with van der Waals surface area (Å²) in [7, 11) is 0. The van der Waals surface area contributed by atoms with Gasteiger partial charge in [0, 0.05) is 30.5 Å². The number of rotatable bonds is 7. The molecule has 9 heteroatoms. The Balaban J connectivity index is 0.00000176. The second-order valence-electron chi connectivity index (χ2n) is 6.58. The maximum absolute atomic E-state index is 13.5. The summed E-state index contributed by atoms with van der Waals surface area (Å²) in [6, 6.07) is 5.95. The van der Waals surface area contributed by atoms with Crippen LogP contribution in [0.1, 0.15) is 50.3 Å². The number of nitrogens with zero attached hydrogens (tertiary/aromatic N) is 4. The predicted molar refractivity (Wildman–Crippen MR) is 118 cm³/mol. The molecular weight excluding hydrogens is 438 g/mol. The lowest BCUT2D eigenvalue weighted by Crippen LogP contribution is -2.28. The standard InChI is InChI=1S/C21H17ClF2N4O2.C2H6/c1-13(3-2-6-30-20-18(22)7-14(11-25)12-26-20)21(29)28-19(4-5-27-28)15-8-16(23)10-17(24)9-15;1-2/h5,7-10,12,19H,1-4,6H2;1-2H3. The minimum atomic E-state index is -0.713. The van der Waals surface area contributed by atoms with E-state index in [4.69, 9.17) is 21.6 Å². The molecular formula is C23H23ClF2N4O2. The Morgan fingerprint density at radius 3 is 2.62 bits per heavy atom. The topological polar surface area (TPSA) is 78.6 Å². The average Bonchev–Trinajstić information content (AvgIpc) is 3.27. The summed E-state index contributed by atoms with van der Waals surface area (Å²) in [6.45, 7) is 8.03. The van der Waals surface area contributed by atoms with Gasteiger partial charge in [0.05, 0.1) is 18.2 Å². The van der Waals surface area contributed by atoms with Gasteiger partial charge < -0.3 is 4.74 Å². The summed E-state index contributed by atoms with van der Waals surface area (Å²) in [4.78, 5) is 16.7. The first kappa shape index (κ1) is 25.0. The highest BCUT2D eigenvalue weighted by molar-refractivity contribution is 6.31. The van der Waals surface area contributed by atoms with Gasteiger partial charge in [0.2, 0.25) is 5.88 Å². The van der Waals surface area contributed by atoms with Crippen LogP contribution in [0.2, 0.25) is 5.02 Å². The highest BCUT2D eigenvalue weighted by atomic mass is 35.5. The molecule has 168 valence electrons. The lowest BCUT2D eigenvalue weighted by Gasteiger charge is -2.23. The average molecular weight is 461 g/mol. The van der Waals surface area contributed by atoms with Crippen LogP contribution in [-0.4, -0.2) is 28.7 Å². The number of ether oxygens (including phenoxy) is 1. The zero-order valence-electron chi connectivity index (χ0n) is 17.8. The Hall–Kier alpha value is -3.31. The number of benzene rings is 1. The SMILES string of the molecule is C=C(CCCOc1ncc(C#N)cc1Cl)C(=O)N1N=CCC1c1cc(F)cc(F)c1.CC. The number of hydrogen-bond acceptors (Lipinski definition) is 5. The van der Waals surface area contributed by atoms with Crippen LogP contribution in [0, 0.1) is 23.0 Å². The van der Waals surface area contributed by atoms with Crippen molar-refractivity contribution in [2.24, 2.45) is 5.10 Å². The van der Waals surface area contributed by atoms with E-state index in [1.54, 1.807) is 0 Å². The lowest BCUT2D eigenvalue weighted by atomic mass is 10.0. The third-order valence-corrected chi connectivity index (χ3v) is 4.68. The van der Waals surface area contributed by atoms with E-state index in [0.29, 0.717) is 36.0 Å². The third kappa shape index (κ3) is 6.34. The quantitative estimate of drug-likeness (QED) is 0.398. The first-order valence-corrected chi connectivity index (χ1v) is 10.4. The van der Waals surface area contributed by atoms with E-state index in [9.17, 15) is 13.6 Å². The van der Waals surface area contributed by atoms with Crippen LogP contribution in [-0.2, 0) is 4.79 Å². The zero-order chi connectivity index (χ0) is 23.7. The van der Waals surface area contributed by atoms with Gasteiger partial charge in [-0.3, -0.25) is 4.79 Å². The number of hydrogen-bond donors (Lipinski definition) is 0. The molecule has 0 N–H and O–H groups in total. The fourth-order valence-corrected chi connectivity index (χ4v) is 3.19. The van der Waals surface area contributed by atoms with E-state index < -0.39 is 23.6 Å². The first-order chi connectivity index (χ1) is 15.4. The van der Waals surface area contributed by atoms with Gasteiger partial charge in [0.15, 0.2) is 0 Å². The third-order valence-electron chi connectivity index (χ3n) is 4.41. The van der Waals surface area contributed by atoms with E-state index in [1.165, 1.54) is 35.6 Å². The van der Waals surface area contributed by atoms with Crippen LogP contribution in [0.4, 0.5) is 8.78 Å². The molecule has 1 amide bonds. The molecule has 3 rings (SSSR count). The van der Waals surface area contributed by atoms with Gasteiger partial charge in [0.1, 0.15) is 22.7 Å². The number of aromatic nitrogens is 1. The normalized spacial score (nSPS) is 14.4. The Kier molecular flexibility index (Phi) is 9.29. The van der Waals surface area contributed by atoms with Crippen molar-refractivity contribution in [3.8, 4) is 11.9 Å². The van der Waals surface area contributed by atoms with Crippen LogP contribution in [0.25, 0.3) is 0 Å². The van der Waals surface area contributed by atoms with Crippen molar-refractivity contribution in [1.82, 2.24) is 9.99 Å². The molecule has 0 aliphatic carbocycles. The van der Waals surface area contributed by atoms with E-state index in [-0.39, 0.29) is 17.5 Å². The van der Waals surface area contributed by atoms with Gasteiger partial charge in [-0.2, -0.15) is 10.4 Å². The molecule has 1 unspecified atom stereocenters. The van der Waals surface area contributed by atoms with E-state index in [0.717, 1.165) is 6.07 Å². The van der Waals surface area contributed by atoms with Gasteiger partial charge >= 0.3 is 0 Å². The van der Waals surface area contributed by atoms with Crippen molar-refractivity contribution >= 4 is 23.7 Å². The van der Waals surface area contributed by atoms with Crippen molar-refractivity contribution in [3.05, 3.63) is 70.4 Å². The predicted octanol–water partition coefficient (Wildman–Crippen LogP) is 5.59. The number of carbonyl (C=O) groups excluding carboxylic acids is 1. The molecule has 0 radical (unpaired) electrons. The minimum Gasteiger partial charge on any atom is -0.477 e. The first-order valence-electron chi connectivity index (χ1n) is 10.1. The van der Waals surface area contributed by atoms with Crippen molar-refractivity contribution in [2.45, 2.75) is 39.2 Å². The summed E-state index contributed by atoms with van der Waals surface area (Å²) in [5.41, 5.74) is 0.944. The number of amides is 1. The molecule has 0 bridgehead atoms. The fraction of sp³-hybridized carbons (Fsp3) is 0.304. The molecule has 1 aliphatic rings. The molecule has 1 aromatic heterocycles. The largest absolute Gasteiger partial charge is 0.477 e. The summed E-state index contributed by atoms with van der Waals surface area (Å²) in [5, 5.41) is 14.3. The van der Waals surface area contributed by atoms with E-state index in [2.05, 4.69) is 16.7 Å². The highest BCUT2D eigenvalue weighted by Crippen LogP contribution is 2.31. The van der Waals surface area contributed by atoms with Gasteiger partial charge in [0.25, 0.3) is 5.91 Å². The van der Waals surface area contributed by atoms with Gasteiger partial charge in [-0.05, 0) is 36.6 Å². The van der Waals surface area contributed by atoms with Crippen LogP contribution in [0.15, 0.2) is 47.7 Å². The molecule has 2 heterocycles. The van der Waals surface area contributed by atoms with Crippen LogP contribution >= 0.6 is 11.6 Å². The van der Waals surface area contributed by atoms with Gasteiger partial charge in [-0.15, -0.1) is 0 Å². The Morgan fingerprint density at radius 1 is 1.31 bits per heavy atom. The molecule has 32 heavy (non-hydrogen) atoms. The summed E-state index contributed by atoms with van der Waals surface area (Å²) < 4.78 is 32.6. The van der Waals surface area contributed by atoms with Crippen molar-refractivity contribution in [2.75, 3.05) is 6.61 Å². The van der Waals surface area contributed by atoms with Gasteiger partial charge in [-0.25, -0.2) is 18.8 Å². The second-order valence-corrected chi connectivity index (χ2v) is 6.99. The number of hydrazone groups is 1. The Labute approximate surface area is 190 Å². The van der Waals surface area contributed by atoms with Gasteiger partial charge in [-0.1, -0.05) is 32.0 Å². The van der Waals surface area contributed by atoms with Crippen LogP contribution in [0.3, 0.4) is 0 Å². The smallest absolute Gasteiger partial charge is 0.269 e. The second kappa shape index (κ2) is 11.9. The molecule has 6 nitrogen and oxygen atoms in total. The molecule has 1 aliphatic heterocycles. The minimum absolute atomic E-state index is 0.199. The fourth-order valence-electron chi connectivity index (χ4n) is 2.97. The number of nitriles is 1. The molecule has 1 atom stereocenters. The van der Waals surface area contributed by atoms with Crippen LogP contribution in [0.5, 0.6) is 5.88 Å². The molecule has 0 spiro atoms. The van der Waals surface area contributed by atoms with Crippen molar-refractivity contribution in [1.29, 1.82) is 5.26 Å². The Bertz CT molecular complexity index is 1030. The molecule has 0 fully saturated rings. The number of halogens is 3. The van der Waals surface area contributed by atoms with Crippen LogP contribution < -0.4 is 4.74 Å². The molecule has 2 aromatic rings. The monoisotopic (exact) mass is 460 g/mol. The maximum atomic E-state index is 13.5. The summed E-state index contributed by atoms with van der Waals surface area (Å²) >= 11 is 6.00.